The van der Waals surface area contributed by atoms with Gasteiger partial charge >= 0.3 is 0 Å². The zero-order chi connectivity index (χ0) is 15.4. The summed E-state index contributed by atoms with van der Waals surface area (Å²) in [5.74, 6) is -0.765. The largest absolute Gasteiger partial charge is 0.355 e. The molecule has 21 heavy (non-hydrogen) atoms. The number of amides is 3. The normalized spacial score (nSPS) is 17.5. The van der Waals surface area contributed by atoms with Crippen molar-refractivity contribution in [2.45, 2.75) is 26.3 Å². The van der Waals surface area contributed by atoms with Crippen LogP contribution in [0.5, 0.6) is 0 Å². The van der Waals surface area contributed by atoms with E-state index < -0.39 is 0 Å². The summed E-state index contributed by atoms with van der Waals surface area (Å²) in [5, 5.41) is 8.17. The second kappa shape index (κ2) is 6.39. The number of benzene rings is 1. The number of rotatable bonds is 4. The quantitative estimate of drug-likeness (QED) is 0.769. The summed E-state index contributed by atoms with van der Waals surface area (Å²) in [4.78, 5) is 34.8. The molecule has 1 fully saturated rings. The molecule has 1 heterocycles. The molecule has 1 aromatic carbocycles. The van der Waals surface area contributed by atoms with Crippen molar-refractivity contribution < 1.29 is 14.4 Å². The summed E-state index contributed by atoms with van der Waals surface area (Å²) >= 11 is 0. The van der Waals surface area contributed by atoms with Gasteiger partial charge in [0.1, 0.15) is 0 Å². The maximum absolute atomic E-state index is 11.9. The molecule has 6 nitrogen and oxygen atoms in total. The van der Waals surface area contributed by atoms with Gasteiger partial charge < -0.3 is 16.0 Å². The molecule has 1 aliphatic rings. The summed E-state index contributed by atoms with van der Waals surface area (Å²) in [7, 11) is 0. The molecule has 0 saturated carbocycles. The topological polar surface area (TPSA) is 87.3 Å². The van der Waals surface area contributed by atoms with Gasteiger partial charge in [-0.15, -0.1) is 0 Å². The Morgan fingerprint density at radius 1 is 1.24 bits per heavy atom. The van der Waals surface area contributed by atoms with Gasteiger partial charge in [-0.05, 0) is 38.1 Å². The predicted molar refractivity (Wildman–Crippen MR) is 78.8 cm³/mol. The fraction of sp³-hybridized carbons (Fsp3) is 0.400. The van der Waals surface area contributed by atoms with E-state index in [0.29, 0.717) is 17.8 Å². The summed E-state index contributed by atoms with van der Waals surface area (Å²) in [6.45, 7) is 4.16. The van der Waals surface area contributed by atoms with E-state index in [-0.39, 0.29) is 36.1 Å². The third kappa shape index (κ3) is 4.05. The van der Waals surface area contributed by atoms with Gasteiger partial charge in [-0.25, -0.2) is 0 Å². The molecule has 0 bridgehead atoms. The first-order chi connectivity index (χ1) is 9.95. The lowest BCUT2D eigenvalue weighted by Gasteiger charge is -2.11. The van der Waals surface area contributed by atoms with E-state index in [1.54, 1.807) is 24.3 Å². The van der Waals surface area contributed by atoms with Crippen LogP contribution in [0.25, 0.3) is 0 Å². The second-order valence-corrected chi connectivity index (χ2v) is 5.40. The van der Waals surface area contributed by atoms with E-state index in [4.69, 9.17) is 0 Å². The SMILES string of the molecule is CC(C)NC(=O)c1ccc(NC(=O)C2CNC(=O)C2)cc1. The van der Waals surface area contributed by atoms with E-state index in [0.717, 1.165) is 0 Å². The Morgan fingerprint density at radius 3 is 2.43 bits per heavy atom. The Hall–Kier alpha value is -2.37. The van der Waals surface area contributed by atoms with E-state index in [1.807, 2.05) is 13.8 Å². The molecule has 1 atom stereocenters. The van der Waals surface area contributed by atoms with Crippen LogP contribution in [0.4, 0.5) is 5.69 Å². The van der Waals surface area contributed by atoms with Gasteiger partial charge in [-0.2, -0.15) is 0 Å². The maximum Gasteiger partial charge on any atom is 0.251 e. The minimum absolute atomic E-state index is 0.0734. The van der Waals surface area contributed by atoms with Crippen LogP contribution in [0.1, 0.15) is 30.6 Å². The zero-order valence-corrected chi connectivity index (χ0v) is 12.1. The average Bonchev–Trinajstić information content (AvgIpc) is 2.85. The van der Waals surface area contributed by atoms with Gasteiger partial charge in [0, 0.05) is 30.3 Å². The fourth-order valence-corrected chi connectivity index (χ4v) is 2.09. The van der Waals surface area contributed by atoms with Gasteiger partial charge in [-0.3, -0.25) is 14.4 Å². The third-order valence-corrected chi connectivity index (χ3v) is 3.18. The lowest BCUT2D eigenvalue weighted by atomic mass is 10.1. The van der Waals surface area contributed by atoms with Gasteiger partial charge in [0.2, 0.25) is 11.8 Å². The lowest BCUT2D eigenvalue weighted by Crippen LogP contribution is -2.30. The van der Waals surface area contributed by atoms with Crippen LogP contribution < -0.4 is 16.0 Å². The van der Waals surface area contributed by atoms with Crippen molar-refractivity contribution in [3.8, 4) is 0 Å². The first-order valence-corrected chi connectivity index (χ1v) is 6.94. The smallest absolute Gasteiger partial charge is 0.251 e. The van der Waals surface area contributed by atoms with Crippen molar-refractivity contribution in [1.29, 1.82) is 0 Å². The van der Waals surface area contributed by atoms with Crippen molar-refractivity contribution in [1.82, 2.24) is 10.6 Å². The van der Waals surface area contributed by atoms with Crippen molar-refractivity contribution in [3.63, 3.8) is 0 Å². The number of nitrogens with one attached hydrogen (secondary N) is 3. The van der Waals surface area contributed by atoms with Crippen LogP contribution in [0.2, 0.25) is 0 Å². The van der Waals surface area contributed by atoms with E-state index in [2.05, 4.69) is 16.0 Å². The molecule has 1 saturated heterocycles. The van der Waals surface area contributed by atoms with E-state index >= 15 is 0 Å². The average molecular weight is 289 g/mol. The molecule has 6 heteroatoms. The molecular formula is C15H19N3O3. The minimum atomic E-state index is -0.332. The fourth-order valence-electron chi connectivity index (χ4n) is 2.09. The second-order valence-electron chi connectivity index (χ2n) is 5.40. The van der Waals surface area contributed by atoms with Crippen molar-refractivity contribution in [2.75, 3.05) is 11.9 Å². The molecule has 3 amide bonds. The molecule has 1 unspecified atom stereocenters. The number of hydrogen-bond acceptors (Lipinski definition) is 3. The van der Waals surface area contributed by atoms with Gasteiger partial charge in [0.15, 0.2) is 0 Å². The number of carbonyl (C=O) groups is 3. The van der Waals surface area contributed by atoms with E-state index in [1.165, 1.54) is 0 Å². The minimum Gasteiger partial charge on any atom is -0.355 e. The molecule has 2 rings (SSSR count). The van der Waals surface area contributed by atoms with Gasteiger partial charge in [0.05, 0.1) is 5.92 Å². The third-order valence-electron chi connectivity index (χ3n) is 3.18. The highest BCUT2D eigenvalue weighted by Crippen LogP contribution is 2.14. The molecule has 1 aliphatic heterocycles. The zero-order valence-electron chi connectivity index (χ0n) is 12.1. The molecule has 0 aromatic heterocycles. The monoisotopic (exact) mass is 289 g/mol. The molecule has 0 radical (unpaired) electrons. The number of carbonyl (C=O) groups excluding carboxylic acids is 3. The first-order valence-electron chi connectivity index (χ1n) is 6.94. The van der Waals surface area contributed by atoms with Crippen LogP contribution in [-0.2, 0) is 9.59 Å². The number of anilines is 1. The standard InChI is InChI=1S/C15H19N3O3/c1-9(2)17-14(20)10-3-5-12(6-4-10)18-15(21)11-7-13(19)16-8-11/h3-6,9,11H,7-8H2,1-2H3,(H,16,19)(H,17,20)(H,18,21). The van der Waals surface area contributed by atoms with Crippen LogP contribution in [-0.4, -0.2) is 30.3 Å². The summed E-state index contributed by atoms with van der Waals surface area (Å²) in [6.07, 6.45) is 0.223. The Labute approximate surface area is 123 Å². The van der Waals surface area contributed by atoms with Crippen LogP contribution in [0.15, 0.2) is 24.3 Å². The van der Waals surface area contributed by atoms with Crippen molar-refractivity contribution >= 4 is 23.4 Å². The summed E-state index contributed by atoms with van der Waals surface area (Å²) in [6, 6.07) is 6.75. The molecule has 0 spiro atoms. The van der Waals surface area contributed by atoms with E-state index in [9.17, 15) is 14.4 Å². The number of hydrogen-bond donors (Lipinski definition) is 3. The summed E-state index contributed by atoms with van der Waals surface area (Å²) < 4.78 is 0. The van der Waals surface area contributed by atoms with Crippen LogP contribution in [0, 0.1) is 5.92 Å². The molecule has 112 valence electrons. The highest BCUT2D eigenvalue weighted by atomic mass is 16.2. The van der Waals surface area contributed by atoms with Crippen LogP contribution in [0.3, 0.4) is 0 Å². The van der Waals surface area contributed by atoms with Crippen molar-refractivity contribution in [3.05, 3.63) is 29.8 Å². The van der Waals surface area contributed by atoms with Crippen LogP contribution >= 0.6 is 0 Å². The Morgan fingerprint density at radius 2 is 1.90 bits per heavy atom. The van der Waals surface area contributed by atoms with Gasteiger partial charge in [0.25, 0.3) is 5.91 Å². The first kappa shape index (κ1) is 15.0. The highest BCUT2D eigenvalue weighted by molar-refractivity contribution is 5.98. The molecule has 1 aromatic rings. The Bertz CT molecular complexity index is 552. The predicted octanol–water partition coefficient (Wildman–Crippen LogP) is 0.899. The maximum atomic E-state index is 11.9. The van der Waals surface area contributed by atoms with Crippen molar-refractivity contribution in [2.24, 2.45) is 5.92 Å². The molecule has 0 aliphatic carbocycles. The molecular weight excluding hydrogens is 270 g/mol. The summed E-state index contributed by atoms with van der Waals surface area (Å²) in [5.41, 5.74) is 1.15. The van der Waals surface area contributed by atoms with Gasteiger partial charge in [-0.1, -0.05) is 0 Å². The Balaban J connectivity index is 1.94. The Kier molecular flexibility index (Phi) is 4.57. The highest BCUT2D eigenvalue weighted by Gasteiger charge is 2.27. The molecule has 3 N–H and O–H groups in total. The lowest BCUT2D eigenvalue weighted by molar-refractivity contribution is -0.123.